The Balaban J connectivity index is 2.35. The van der Waals surface area contributed by atoms with Crippen LogP contribution < -0.4 is 15.0 Å². The number of hydrogen-bond donors (Lipinski definition) is 1. The molecule has 1 saturated heterocycles. The van der Waals surface area contributed by atoms with Gasteiger partial charge in [0.15, 0.2) is 11.6 Å². The predicted molar refractivity (Wildman–Crippen MR) is 73.3 cm³/mol. The first kappa shape index (κ1) is 12.9. The Bertz CT molecular complexity index is 410. The minimum Gasteiger partial charge on any atom is -0.490 e. The van der Waals surface area contributed by atoms with Gasteiger partial charge in [0.05, 0.1) is 7.11 Å². The Morgan fingerprint density at radius 1 is 1.44 bits per heavy atom. The first-order valence-electron chi connectivity index (χ1n) is 6.56. The van der Waals surface area contributed by atoms with Crippen molar-refractivity contribution < 1.29 is 4.74 Å². The van der Waals surface area contributed by atoms with Crippen LogP contribution in [-0.4, -0.2) is 36.2 Å². The van der Waals surface area contributed by atoms with Crippen LogP contribution in [0.25, 0.3) is 0 Å². The van der Waals surface area contributed by atoms with Crippen molar-refractivity contribution in [1.82, 2.24) is 9.97 Å². The SMILES string of the molecule is CCNc1ncnc(N2CC(C)CC2C)c1OC. The topological polar surface area (TPSA) is 50.3 Å². The third-order valence-electron chi connectivity index (χ3n) is 3.39. The summed E-state index contributed by atoms with van der Waals surface area (Å²) in [5.74, 6) is 3.12. The number of nitrogens with zero attached hydrogens (tertiary/aromatic N) is 3. The van der Waals surface area contributed by atoms with Gasteiger partial charge in [-0.25, -0.2) is 9.97 Å². The molecule has 0 radical (unpaired) electrons. The van der Waals surface area contributed by atoms with Crippen LogP contribution >= 0.6 is 0 Å². The highest BCUT2D eigenvalue weighted by atomic mass is 16.5. The molecule has 1 aliphatic heterocycles. The van der Waals surface area contributed by atoms with Crippen molar-refractivity contribution in [1.29, 1.82) is 0 Å². The van der Waals surface area contributed by atoms with Crippen LogP contribution in [0.3, 0.4) is 0 Å². The monoisotopic (exact) mass is 250 g/mol. The minimum absolute atomic E-state index is 0.498. The first-order chi connectivity index (χ1) is 8.67. The molecule has 1 aromatic heterocycles. The Morgan fingerprint density at radius 2 is 2.22 bits per heavy atom. The maximum Gasteiger partial charge on any atom is 0.204 e. The first-order valence-corrected chi connectivity index (χ1v) is 6.56. The molecule has 0 spiro atoms. The molecule has 0 aromatic carbocycles. The smallest absolute Gasteiger partial charge is 0.204 e. The van der Waals surface area contributed by atoms with Gasteiger partial charge < -0.3 is 15.0 Å². The van der Waals surface area contributed by atoms with Crippen molar-refractivity contribution in [2.24, 2.45) is 5.92 Å². The van der Waals surface area contributed by atoms with E-state index in [9.17, 15) is 0 Å². The fraction of sp³-hybridized carbons (Fsp3) is 0.692. The lowest BCUT2D eigenvalue weighted by atomic mass is 10.1. The maximum atomic E-state index is 5.50. The summed E-state index contributed by atoms with van der Waals surface area (Å²) in [4.78, 5) is 11.0. The zero-order valence-electron chi connectivity index (χ0n) is 11.6. The van der Waals surface area contributed by atoms with E-state index in [0.717, 1.165) is 30.5 Å². The standard InChI is InChI=1S/C13H22N4O/c1-5-14-12-11(18-4)13(16-8-15-12)17-7-9(2)6-10(17)3/h8-10H,5-7H2,1-4H3,(H,14,15,16). The average molecular weight is 250 g/mol. The van der Waals surface area contributed by atoms with E-state index in [-0.39, 0.29) is 0 Å². The largest absolute Gasteiger partial charge is 0.490 e. The molecule has 2 rings (SSSR count). The van der Waals surface area contributed by atoms with E-state index in [2.05, 4.69) is 34.0 Å². The fourth-order valence-corrected chi connectivity index (χ4v) is 2.65. The van der Waals surface area contributed by atoms with E-state index < -0.39 is 0 Å². The summed E-state index contributed by atoms with van der Waals surface area (Å²) in [7, 11) is 1.67. The maximum absolute atomic E-state index is 5.50. The van der Waals surface area contributed by atoms with E-state index in [1.54, 1.807) is 13.4 Å². The second kappa shape index (κ2) is 5.42. The predicted octanol–water partition coefficient (Wildman–Crippen LogP) is 2.15. The summed E-state index contributed by atoms with van der Waals surface area (Å²) in [6, 6.07) is 0.498. The summed E-state index contributed by atoms with van der Waals surface area (Å²) < 4.78 is 5.50. The van der Waals surface area contributed by atoms with E-state index in [0.29, 0.717) is 12.0 Å². The molecular weight excluding hydrogens is 228 g/mol. The number of methoxy groups -OCH3 is 1. The van der Waals surface area contributed by atoms with Gasteiger partial charge in [-0.2, -0.15) is 0 Å². The zero-order valence-corrected chi connectivity index (χ0v) is 11.6. The third-order valence-corrected chi connectivity index (χ3v) is 3.39. The van der Waals surface area contributed by atoms with E-state index in [1.807, 2.05) is 6.92 Å². The average Bonchev–Trinajstić information content (AvgIpc) is 2.68. The van der Waals surface area contributed by atoms with E-state index >= 15 is 0 Å². The van der Waals surface area contributed by atoms with Gasteiger partial charge in [-0.05, 0) is 26.2 Å². The number of nitrogens with one attached hydrogen (secondary N) is 1. The molecule has 0 bridgehead atoms. The molecule has 1 aromatic rings. The lowest BCUT2D eigenvalue weighted by Gasteiger charge is -2.25. The van der Waals surface area contributed by atoms with Crippen LogP contribution in [-0.2, 0) is 0 Å². The number of rotatable bonds is 4. The Morgan fingerprint density at radius 3 is 2.78 bits per heavy atom. The summed E-state index contributed by atoms with van der Waals surface area (Å²) in [6.45, 7) is 8.40. The van der Waals surface area contributed by atoms with Crippen molar-refractivity contribution >= 4 is 11.6 Å². The molecule has 0 amide bonds. The molecule has 18 heavy (non-hydrogen) atoms. The summed E-state index contributed by atoms with van der Waals surface area (Å²) in [5, 5.41) is 3.21. The second-order valence-electron chi connectivity index (χ2n) is 4.95. The molecule has 0 saturated carbocycles. The van der Waals surface area contributed by atoms with Gasteiger partial charge in [-0.3, -0.25) is 0 Å². The quantitative estimate of drug-likeness (QED) is 0.887. The van der Waals surface area contributed by atoms with Gasteiger partial charge in [-0.1, -0.05) is 6.92 Å². The van der Waals surface area contributed by atoms with Crippen molar-refractivity contribution in [3.63, 3.8) is 0 Å². The summed E-state index contributed by atoms with van der Waals surface area (Å²) >= 11 is 0. The second-order valence-corrected chi connectivity index (χ2v) is 4.95. The molecule has 2 atom stereocenters. The van der Waals surface area contributed by atoms with Crippen LogP contribution in [0.1, 0.15) is 27.2 Å². The van der Waals surface area contributed by atoms with Gasteiger partial charge in [0, 0.05) is 19.1 Å². The van der Waals surface area contributed by atoms with E-state index in [1.165, 1.54) is 6.42 Å². The summed E-state index contributed by atoms with van der Waals surface area (Å²) in [5.41, 5.74) is 0. The molecule has 1 fully saturated rings. The highest BCUT2D eigenvalue weighted by molar-refractivity contribution is 5.65. The lowest BCUT2D eigenvalue weighted by molar-refractivity contribution is 0.412. The molecule has 5 heteroatoms. The zero-order chi connectivity index (χ0) is 13.1. The van der Waals surface area contributed by atoms with Crippen LogP contribution in [0.15, 0.2) is 6.33 Å². The molecule has 1 aliphatic rings. The van der Waals surface area contributed by atoms with Crippen LogP contribution in [0, 0.1) is 5.92 Å². The number of ether oxygens (including phenoxy) is 1. The molecular formula is C13H22N4O. The molecule has 2 heterocycles. The van der Waals surface area contributed by atoms with Crippen molar-refractivity contribution in [3.8, 4) is 5.75 Å². The van der Waals surface area contributed by atoms with Crippen LogP contribution in [0.2, 0.25) is 0 Å². The van der Waals surface area contributed by atoms with Crippen LogP contribution in [0.4, 0.5) is 11.6 Å². The Kier molecular flexibility index (Phi) is 3.89. The van der Waals surface area contributed by atoms with Crippen molar-refractivity contribution in [2.45, 2.75) is 33.2 Å². The van der Waals surface area contributed by atoms with Crippen molar-refractivity contribution in [3.05, 3.63) is 6.33 Å². The number of anilines is 2. The normalized spacial score (nSPS) is 23.2. The Hall–Kier alpha value is -1.52. The van der Waals surface area contributed by atoms with Crippen molar-refractivity contribution in [2.75, 3.05) is 30.4 Å². The molecule has 2 unspecified atom stereocenters. The molecule has 100 valence electrons. The molecule has 0 aliphatic carbocycles. The van der Waals surface area contributed by atoms with Gasteiger partial charge in [0.25, 0.3) is 0 Å². The summed E-state index contributed by atoms with van der Waals surface area (Å²) in [6.07, 6.45) is 2.80. The highest BCUT2D eigenvalue weighted by Gasteiger charge is 2.30. The number of hydrogen-bond acceptors (Lipinski definition) is 5. The van der Waals surface area contributed by atoms with E-state index in [4.69, 9.17) is 4.74 Å². The fourth-order valence-electron chi connectivity index (χ4n) is 2.65. The molecule has 1 N–H and O–H groups in total. The van der Waals surface area contributed by atoms with Gasteiger partial charge in [0.1, 0.15) is 6.33 Å². The third kappa shape index (κ3) is 2.35. The van der Waals surface area contributed by atoms with Gasteiger partial charge >= 0.3 is 0 Å². The minimum atomic E-state index is 0.498. The van der Waals surface area contributed by atoms with Crippen LogP contribution in [0.5, 0.6) is 5.75 Å². The highest BCUT2D eigenvalue weighted by Crippen LogP contribution is 2.36. The number of aromatic nitrogens is 2. The van der Waals surface area contributed by atoms with Gasteiger partial charge in [0.2, 0.25) is 5.75 Å². The molecule has 5 nitrogen and oxygen atoms in total. The van der Waals surface area contributed by atoms with Gasteiger partial charge in [-0.15, -0.1) is 0 Å². The lowest BCUT2D eigenvalue weighted by Crippen LogP contribution is -2.28. The Labute approximate surface area is 109 Å².